The number of para-hydroxylation sites is 2. The van der Waals surface area contributed by atoms with Gasteiger partial charge >= 0.3 is 0 Å². The van der Waals surface area contributed by atoms with Crippen LogP contribution in [0, 0.1) is 5.92 Å². The van der Waals surface area contributed by atoms with E-state index in [2.05, 4.69) is 58.9 Å². The molecule has 0 saturated carbocycles. The zero-order valence-corrected chi connectivity index (χ0v) is 26.8. The normalized spacial score (nSPS) is 19.5. The van der Waals surface area contributed by atoms with Crippen molar-refractivity contribution in [1.82, 2.24) is 20.2 Å². The summed E-state index contributed by atoms with van der Waals surface area (Å²) in [7, 11) is 2.07. The molecular formula is C39H40N4O4. The summed E-state index contributed by atoms with van der Waals surface area (Å²) in [5.74, 6) is -0.177. The van der Waals surface area contributed by atoms with Gasteiger partial charge in [-0.2, -0.15) is 0 Å². The van der Waals surface area contributed by atoms with E-state index in [1.807, 2.05) is 84.9 Å². The van der Waals surface area contributed by atoms with Crippen LogP contribution in [-0.4, -0.2) is 52.1 Å². The van der Waals surface area contributed by atoms with Gasteiger partial charge in [-0.05, 0) is 47.0 Å². The van der Waals surface area contributed by atoms with Crippen LogP contribution in [0.4, 0.5) is 0 Å². The lowest BCUT2D eigenvalue weighted by Crippen LogP contribution is -2.43. The number of aliphatic hydroxyl groups is 1. The molecule has 4 aromatic carbocycles. The number of hydrogen-bond donors (Lipinski definition) is 2. The number of aliphatic hydroxyl groups excluding tert-OH is 1. The summed E-state index contributed by atoms with van der Waals surface area (Å²) in [4.78, 5) is 24.0. The van der Waals surface area contributed by atoms with Gasteiger partial charge in [-0.25, -0.2) is 4.98 Å². The molecule has 240 valence electrons. The Kier molecular flexibility index (Phi) is 10.1. The van der Waals surface area contributed by atoms with E-state index in [1.165, 1.54) is 6.20 Å². The quantitative estimate of drug-likeness (QED) is 0.159. The first-order valence-electron chi connectivity index (χ1n) is 15.9. The van der Waals surface area contributed by atoms with Crippen LogP contribution in [0.25, 0.3) is 22.2 Å². The average Bonchev–Trinajstić information content (AvgIpc) is 3.11. The Labute approximate surface area is 275 Å². The van der Waals surface area contributed by atoms with Crippen LogP contribution >= 0.6 is 0 Å². The number of fused-ring (bicyclic) bond motifs is 1. The third kappa shape index (κ3) is 7.48. The van der Waals surface area contributed by atoms with Crippen molar-refractivity contribution >= 4 is 16.9 Å². The van der Waals surface area contributed by atoms with Crippen molar-refractivity contribution in [2.75, 3.05) is 20.1 Å². The van der Waals surface area contributed by atoms with Crippen LogP contribution in [0.5, 0.6) is 0 Å². The minimum atomic E-state index is -0.553. The molecule has 0 unspecified atom stereocenters. The number of rotatable bonds is 11. The molecule has 0 bridgehead atoms. The number of carbonyl (C=O) groups excluding carboxylic acids is 1. The van der Waals surface area contributed by atoms with Gasteiger partial charge in [0.25, 0.3) is 5.91 Å². The lowest BCUT2D eigenvalue weighted by atomic mass is 9.90. The zero-order valence-electron chi connectivity index (χ0n) is 26.8. The van der Waals surface area contributed by atoms with E-state index >= 15 is 0 Å². The second kappa shape index (κ2) is 14.8. The number of likely N-dealkylation sites (N-methyl/N-ethyl adjacent to an activating group) is 1. The number of hydrogen-bond acceptors (Lipinski definition) is 7. The molecule has 5 aromatic rings. The Morgan fingerprint density at radius 1 is 0.936 bits per heavy atom. The molecule has 0 radical (unpaired) electrons. The van der Waals surface area contributed by atoms with E-state index in [9.17, 15) is 9.90 Å². The molecule has 2 N–H and O–H groups in total. The summed E-state index contributed by atoms with van der Waals surface area (Å²) in [6, 6.07) is 31.7. The van der Waals surface area contributed by atoms with E-state index in [1.54, 1.807) is 0 Å². The van der Waals surface area contributed by atoms with Crippen molar-refractivity contribution < 1.29 is 19.4 Å². The number of nitrogens with one attached hydrogen (secondary N) is 1. The third-order valence-electron chi connectivity index (χ3n) is 8.69. The minimum absolute atomic E-state index is 0.00303. The molecule has 0 aliphatic carbocycles. The van der Waals surface area contributed by atoms with Gasteiger partial charge in [0.2, 0.25) is 0 Å². The zero-order chi connectivity index (χ0) is 32.8. The molecule has 1 fully saturated rings. The highest BCUT2D eigenvalue weighted by Gasteiger charge is 2.38. The Balaban J connectivity index is 1.19. The van der Waals surface area contributed by atoms with Crippen molar-refractivity contribution in [3.63, 3.8) is 0 Å². The maximum atomic E-state index is 13.0. The van der Waals surface area contributed by atoms with Crippen molar-refractivity contribution in [2.45, 2.75) is 38.6 Å². The van der Waals surface area contributed by atoms with Crippen molar-refractivity contribution in [3.05, 3.63) is 144 Å². The van der Waals surface area contributed by atoms with Gasteiger partial charge in [0, 0.05) is 31.1 Å². The summed E-state index contributed by atoms with van der Waals surface area (Å²) in [5, 5.41) is 12.5. The van der Waals surface area contributed by atoms with Gasteiger partial charge in [-0.1, -0.05) is 97.9 Å². The van der Waals surface area contributed by atoms with Crippen molar-refractivity contribution in [1.29, 1.82) is 0 Å². The van der Waals surface area contributed by atoms with Gasteiger partial charge in [0.1, 0.15) is 5.69 Å². The largest absolute Gasteiger partial charge is 0.392 e. The molecule has 4 atom stereocenters. The average molecular weight is 629 g/mol. The summed E-state index contributed by atoms with van der Waals surface area (Å²) in [5.41, 5.74) is 7.59. The summed E-state index contributed by atoms with van der Waals surface area (Å²) in [6.45, 7) is 7.89. The molecule has 1 aliphatic heterocycles. The Bertz CT molecular complexity index is 1830. The summed E-state index contributed by atoms with van der Waals surface area (Å²) >= 11 is 0. The van der Waals surface area contributed by atoms with E-state index in [0.29, 0.717) is 12.1 Å². The Morgan fingerprint density at radius 2 is 1.64 bits per heavy atom. The first-order valence-corrected chi connectivity index (χ1v) is 15.9. The fourth-order valence-electron chi connectivity index (χ4n) is 6.04. The van der Waals surface area contributed by atoms with Crippen LogP contribution in [0.1, 0.15) is 52.1 Å². The molecule has 1 amide bonds. The third-order valence-corrected chi connectivity index (χ3v) is 8.69. The van der Waals surface area contributed by atoms with Crippen LogP contribution in [-0.2, 0) is 22.6 Å². The standard InChI is InChI=1S/C39H40N4O4/c1-4-21-43(3)24-36-26(2)37(29-15-13-27(25-44)14-16-29)47-39(46-36)30-19-17-28(18-20-30)32-10-6-5-9-31(32)22-41-38(45)35-23-40-33-11-7-8-12-34(33)42-35/h4-20,23,26,36-37,39,44H,1,21-22,24-25H2,2-3H3,(H,41,45)/t26-,36+,37+,39+/m1/s1. The number of benzene rings is 4. The predicted molar refractivity (Wildman–Crippen MR) is 183 cm³/mol. The molecule has 1 saturated heterocycles. The summed E-state index contributed by atoms with van der Waals surface area (Å²) in [6.07, 6.45) is 2.60. The maximum absolute atomic E-state index is 13.0. The predicted octanol–water partition coefficient (Wildman–Crippen LogP) is 6.63. The molecule has 8 heteroatoms. The van der Waals surface area contributed by atoms with Gasteiger partial charge in [0.15, 0.2) is 6.29 Å². The number of ether oxygens (including phenoxy) is 2. The lowest BCUT2D eigenvalue weighted by Gasteiger charge is -2.42. The lowest BCUT2D eigenvalue weighted by molar-refractivity contribution is -0.275. The fourth-order valence-corrected chi connectivity index (χ4v) is 6.04. The second-order valence-corrected chi connectivity index (χ2v) is 12.0. The summed E-state index contributed by atoms with van der Waals surface area (Å²) < 4.78 is 13.2. The van der Waals surface area contributed by atoms with Crippen LogP contribution in [0.2, 0.25) is 0 Å². The molecule has 1 aliphatic rings. The molecule has 47 heavy (non-hydrogen) atoms. The highest BCUT2D eigenvalue weighted by Crippen LogP contribution is 2.42. The topological polar surface area (TPSA) is 96.8 Å². The second-order valence-electron chi connectivity index (χ2n) is 12.0. The molecular weight excluding hydrogens is 588 g/mol. The first kappa shape index (κ1) is 32.2. The molecule has 0 spiro atoms. The van der Waals surface area contributed by atoms with Crippen molar-refractivity contribution in [3.8, 4) is 11.1 Å². The molecule has 1 aromatic heterocycles. The molecule has 6 rings (SSSR count). The van der Waals surface area contributed by atoms with Gasteiger partial charge in [0.05, 0.1) is 36.0 Å². The monoisotopic (exact) mass is 628 g/mol. The molecule has 2 heterocycles. The SMILES string of the molecule is C=CCN(C)C[C@@H]1O[C@H](c2ccc(-c3ccccc3CNC(=O)c3cnc4ccccc4n3)cc2)O[C@H](c2ccc(CO)cc2)[C@@H]1C. The smallest absolute Gasteiger partial charge is 0.271 e. The number of carbonyl (C=O) groups is 1. The van der Waals surface area contributed by atoms with Crippen LogP contribution < -0.4 is 5.32 Å². The van der Waals surface area contributed by atoms with E-state index < -0.39 is 6.29 Å². The maximum Gasteiger partial charge on any atom is 0.271 e. The number of aromatic nitrogens is 2. The van der Waals surface area contributed by atoms with E-state index in [-0.39, 0.29) is 36.3 Å². The van der Waals surface area contributed by atoms with Gasteiger partial charge < -0.3 is 24.8 Å². The highest BCUT2D eigenvalue weighted by atomic mass is 16.7. The number of nitrogens with zero attached hydrogens (tertiary/aromatic N) is 3. The van der Waals surface area contributed by atoms with Gasteiger partial charge in [-0.3, -0.25) is 9.78 Å². The Hall–Kier alpha value is -4.73. The highest BCUT2D eigenvalue weighted by molar-refractivity contribution is 5.93. The van der Waals surface area contributed by atoms with Crippen LogP contribution in [0.3, 0.4) is 0 Å². The first-order chi connectivity index (χ1) is 22.9. The van der Waals surface area contributed by atoms with Crippen LogP contribution in [0.15, 0.2) is 116 Å². The fraction of sp³-hybridized carbons (Fsp3) is 0.256. The van der Waals surface area contributed by atoms with Crippen molar-refractivity contribution in [2.24, 2.45) is 5.92 Å². The van der Waals surface area contributed by atoms with E-state index in [4.69, 9.17) is 9.47 Å². The number of amides is 1. The minimum Gasteiger partial charge on any atom is -0.392 e. The Morgan fingerprint density at radius 3 is 2.38 bits per heavy atom. The van der Waals surface area contributed by atoms with E-state index in [0.717, 1.165) is 52.0 Å². The molecule has 8 nitrogen and oxygen atoms in total. The van der Waals surface area contributed by atoms with Gasteiger partial charge in [-0.15, -0.1) is 6.58 Å².